The maximum atomic E-state index is 3.73. The Morgan fingerprint density at radius 3 is 1.28 bits per heavy atom. The van der Waals surface area contributed by atoms with Gasteiger partial charge < -0.3 is 0 Å². The highest BCUT2D eigenvalue weighted by Crippen LogP contribution is 2.31. The molecule has 0 aliphatic carbocycles. The van der Waals surface area contributed by atoms with Crippen LogP contribution in [0, 0.1) is 3.57 Å². The SMILES string of the molecule is CCCCCCCCCCc1cc2cc3cc(Br)c(I)cc3cc2cc1CCCCCCCCCC. The average Bonchev–Trinajstić information content (AvgIpc) is 2.87. The Morgan fingerprint density at radius 1 is 0.472 bits per heavy atom. The number of fused-ring (bicyclic) bond motifs is 2. The van der Waals surface area contributed by atoms with E-state index in [9.17, 15) is 0 Å². The molecular formula is C34H48BrI. The molecule has 3 aromatic rings. The molecule has 0 saturated carbocycles. The summed E-state index contributed by atoms with van der Waals surface area (Å²) in [7, 11) is 0. The van der Waals surface area contributed by atoms with Crippen LogP contribution in [0.2, 0.25) is 0 Å². The Morgan fingerprint density at radius 2 is 0.833 bits per heavy atom. The van der Waals surface area contributed by atoms with Gasteiger partial charge in [-0.2, -0.15) is 0 Å². The molecule has 0 bridgehead atoms. The van der Waals surface area contributed by atoms with Crippen molar-refractivity contribution in [3.8, 4) is 0 Å². The zero-order valence-corrected chi connectivity index (χ0v) is 26.7. The van der Waals surface area contributed by atoms with Gasteiger partial charge in [0.15, 0.2) is 0 Å². The molecule has 0 unspecified atom stereocenters. The third kappa shape index (κ3) is 9.93. The zero-order valence-electron chi connectivity index (χ0n) is 22.9. The third-order valence-electron chi connectivity index (χ3n) is 7.75. The van der Waals surface area contributed by atoms with Crippen LogP contribution in [0.15, 0.2) is 40.9 Å². The predicted molar refractivity (Wildman–Crippen MR) is 174 cm³/mol. The van der Waals surface area contributed by atoms with E-state index < -0.39 is 0 Å². The topological polar surface area (TPSA) is 0 Å². The molecule has 0 aliphatic rings. The molecule has 0 saturated heterocycles. The van der Waals surface area contributed by atoms with Crippen molar-refractivity contribution < 1.29 is 0 Å². The van der Waals surface area contributed by atoms with Crippen molar-refractivity contribution in [1.82, 2.24) is 0 Å². The highest BCUT2D eigenvalue weighted by molar-refractivity contribution is 14.1. The van der Waals surface area contributed by atoms with Crippen molar-refractivity contribution in [2.24, 2.45) is 0 Å². The van der Waals surface area contributed by atoms with E-state index in [1.54, 1.807) is 11.1 Å². The largest absolute Gasteiger partial charge is 0.0654 e. The molecule has 3 rings (SSSR count). The van der Waals surface area contributed by atoms with Gasteiger partial charge in [-0.15, -0.1) is 0 Å². The first-order chi connectivity index (χ1) is 17.6. The van der Waals surface area contributed by atoms with Crippen molar-refractivity contribution in [3.63, 3.8) is 0 Å². The first-order valence-electron chi connectivity index (χ1n) is 15.0. The van der Waals surface area contributed by atoms with Crippen LogP contribution < -0.4 is 0 Å². The maximum absolute atomic E-state index is 3.73. The Balaban J connectivity index is 1.65. The standard InChI is InChI=1S/C34H48BrI/c1-3-5-7-9-11-13-15-17-19-27-21-29-23-31-25-33(35)34(36)26-32(31)24-30(29)22-28(27)20-18-16-14-12-10-8-6-4-2/h21-26H,3-20H2,1-2H3. The van der Waals surface area contributed by atoms with Crippen molar-refractivity contribution >= 4 is 60.1 Å². The molecule has 36 heavy (non-hydrogen) atoms. The number of aryl methyl sites for hydroxylation is 2. The first-order valence-corrected chi connectivity index (χ1v) is 16.8. The van der Waals surface area contributed by atoms with Gasteiger partial charge in [0.25, 0.3) is 0 Å². The lowest BCUT2D eigenvalue weighted by molar-refractivity contribution is 0.571. The van der Waals surface area contributed by atoms with Gasteiger partial charge >= 0.3 is 0 Å². The second-order valence-corrected chi connectivity index (χ2v) is 12.9. The molecule has 0 aromatic heterocycles. The summed E-state index contributed by atoms with van der Waals surface area (Å²) in [6.45, 7) is 4.61. The molecule has 3 aromatic carbocycles. The molecule has 2 heteroatoms. The molecule has 0 fully saturated rings. The maximum Gasteiger partial charge on any atom is 0.0315 e. The quantitative estimate of drug-likeness (QED) is 0.0722. The van der Waals surface area contributed by atoms with Gasteiger partial charge in [0.1, 0.15) is 0 Å². The smallest absolute Gasteiger partial charge is 0.0315 e. The summed E-state index contributed by atoms with van der Waals surface area (Å²) in [5.41, 5.74) is 3.22. The summed E-state index contributed by atoms with van der Waals surface area (Å²) in [5, 5.41) is 5.51. The van der Waals surface area contributed by atoms with Crippen LogP contribution in [0.5, 0.6) is 0 Å². The van der Waals surface area contributed by atoms with E-state index in [1.165, 1.54) is 145 Å². The highest BCUT2D eigenvalue weighted by atomic mass is 127. The van der Waals surface area contributed by atoms with Gasteiger partial charge in [-0.1, -0.05) is 116 Å². The van der Waals surface area contributed by atoms with Crippen LogP contribution in [0.3, 0.4) is 0 Å². The molecule has 0 N–H and O–H groups in total. The monoisotopic (exact) mass is 662 g/mol. The number of unbranched alkanes of at least 4 members (excludes halogenated alkanes) is 14. The normalized spacial score (nSPS) is 11.7. The minimum atomic E-state index is 1.19. The molecular weight excluding hydrogens is 615 g/mol. The Hall–Kier alpha value is -0.610. The van der Waals surface area contributed by atoms with Gasteiger partial charge in [-0.3, -0.25) is 0 Å². The summed E-state index contributed by atoms with van der Waals surface area (Å²) in [4.78, 5) is 0. The number of benzene rings is 3. The van der Waals surface area contributed by atoms with Crippen LogP contribution in [0.4, 0.5) is 0 Å². The van der Waals surface area contributed by atoms with Crippen LogP contribution in [-0.2, 0) is 12.8 Å². The van der Waals surface area contributed by atoms with Gasteiger partial charge in [-0.05, 0) is 121 Å². The highest BCUT2D eigenvalue weighted by Gasteiger charge is 2.09. The minimum Gasteiger partial charge on any atom is -0.0654 e. The second kappa shape index (κ2) is 17.1. The molecule has 0 amide bonds. The summed E-state index contributed by atoms with van der Waals surface area (Å²) in [6, 6.07) is 14.5. The van der Waals surface area contributed by atoms with E-state index in [0.29, 0.717) is 0 Å². The average molecular weight is 664 g/mol. The van der Waals surface area contributed by atoms with E-state index in [-0.39, 0.29) is 0 Å². The minimum absolute atomic E-state index is 1.19. The van der Waals surface area contributed by atoms with Gasteiger partial charge in [-0.25, -0.2) is 0 Å². The molecule has 0 aliphatic heterocycles. The summed E-state index contributed by atoms with van der Waals surface area (Å²) < 4.78 is 2.48. The van der Waals surface area contributed by atoms with Crippen molar-refractivity contribution in [1.29, 1.82) is 0 Å². The summed E-state index contributed by atoms with van der Waals surface area (Å²) in [5.74, 6) is 0. The Kier molecular flexibility index (Phi) is 14.2. The van der Waals surface area contributed by atoms with Crippen molar-refractivity contribution in [2.45, 2.75) is 129 Å². The van der Waals surface area contributed by atoms with Crippen LogP contribution >= 0.6 is 38.5 Å². The molecule has 0 nitrogen and oxygen atoms in total. The Labute approximate surface area is 243 Å². The molecule has 0 radical (unpaired) electrons. The predicted octanol–water partition coefficient (Wildman–Crippen LogP) is 12.7. The van der Waals surface area contributed by atoms with Crippen LogP contribution in [0.25, 0.3) is 21.5 Å². The van der Waals surface area contributed by atoms with Crippen LogP contribution in [-0.4, -0.2) is 0 Å². The van der Waals surface area contributed by atoms with E-state index in [0.717, 1.165) is 0 Å². The van der Waals surface area contributed by atoms with Crippen molar-refractivity contribution in [3.05, 3.63) is 55.6 Å². The zero-order chi connectivity index (χ0) is 25.6. The number of hydrogen-bond donors (Lipinski definition) is 0. The van der Waals surface area contributed by atoms with Gasteiger partial charge in [0.2, 0.25) is 0 Å². The molecule has 0 spiro atoms. The summed E-state index contributed by atoms with van der Waals surface area (Å²) in [6.07, 6.45) is 24.8. The van der Waals surface area contributed by atoms with Crippen molar-refractivity contribution in [2.75, 3.05) is 0 Å². The number of halogens is 2. The van der Waals surface area contributed by atoms with E-state index in [4.69, 9.17) is 0 Å². The molecule has 0 heterocycles. The van der Waals surface area contributed by atoms with Crippen LogP contribution in [0.1, 0.15) is 128 Å². The molecule has 198 valence electrons. The third-order valence-corrected chi connectivity index (χ3v) is 10.0. The lowest BCUT2D eigenvalue weighted by Crippen LogP contribution is -1.97. The number of hydrogen-bond acceptors (Lipinski definition) is 0. The fourth-order valence-electron chi connectivity index (χ4n) is 5.50. The fraction of sp³-hybridized carbons (Fsp3) is 0.588. The van der Waals surface area contributed by atoms with Gasteiger partial charge in [0, 0.05) is 8.04 Å². The second-order valence-electron chi connectivity index (χ2n) is 10.9. The lowest BCUT2D eigenvalue weighted by Gasteiger charge is -2.14. The van der Waals surface area contributed by atoms with E-state index >= 15 is 0 Å². The first kappa shape index (κ1) is 29.9. The van der Waals surface area contributed by atoms with E-state index in [2.05, 4.69) is 88.8 Å². The summed E-state index contributed by atoms with van der Waals surface area (Å²) >= 11 is 6.15. The Bertz CT molecular complexity index is 970. The van der Waals surface area contributed by atoms with E-state index in [1.807, 2.05) is 0 Å². The fourth-order valence-corrected chi connectivity index (χ4v) is 6.36. The lowest BCUT2D eigenvalue weighted by atomic mass is 9.92. The number of rotatable bonds is 18. The van der Waals surface area contributed by atoms with Gasteiger partial charge in [0.05, 0.1) is 0 Å². The molecule has 0 atom stereocenters.